The summed E-state index contributed by atoms with van der Waals surface area (Å²) in [5.41, 5.74) is 0. The predicted molar refractivity (Wildman–Crippen MR) is 106 cm³/mol. The third-order valence-electron chi connectivity index (χ3n) is 5.82. The van der Waals surface area contributed by atoms with Crippen LogP contribution in [0.1, 0.15) is 76.5 Å². The van der Waals surface area contributed by atoms with Crippen molar-refractivity contribution in [1.29, 1.82) is 0 Å². The van der Waals surface area contributed by atoms with Crippen molar-refractivity contribution >= 4 is 17.7 Å². The summed E-state index contributed by atoms with van der Waals surface area (Å²) in [5, 5.41) is 12.9. The van der Waals surface area contributed by atoms with Gasteiger partial charge in [0.05, 0.1) is 5.75 Å². The topological polar surface area (TPSA) is 59.8 Å². The molecule has 5 nitrogen and oxygen atoms in total. The van der Waals surface area contributed by atoms with Gasteiger partial charge in [0, 0.05) is 18.5 Å². The van der Waals surface area contributed by atoms with Gasteiger partial charge < -0.3 is 9.88 Å². The molecule has 2 saturated carbocycles. The second kappa shape index (κ2) is 9.58. The molecule has 0 aliphatic heterocycles. The van der Waals surface area contributed by atoms with Gasteiger partial charge >= 0.3 is 0 Å². The summed E-state index contributed by atoms with van der Waals surface area (Å²) in [5.74, 6) is 2.68. The van der Waals surface area contributed by atoms with Crippen molar-refractivity contribution in [3.63, 3.8) is 0 Å². The van der Waals surface area contributed by atoms with E-state index in [4.69, 9.17) is 0 Å². The van der Waals surface area contributed by atoms with Gasteiger partial charge in [0.1, 0.15) is 5.82 Å². The molecule has 2 fully saturated rings. The van der Waals surface area contributed by atoms with Crippen molar-refractivity contribution in [3.05, 3.63) is 18.5 Å². The molecule has 1 aromatic heterocycles. The highest BCUT2D eigenvalue weighted by atomic mass is 32.2. The van der Waals surface area contributed by atoms with Crippen molar-refractivity contribution in [2.45, 2.75) is 88.4 Å². The van der Waals surface area contributed by atoms with Crippen LogP contribution in [0.4, 0.5) is 0 Å². The number of hydrogen-bond donors (Lipinski definition) is 1. The van der Waals surface area contributed by atoms with Crippen LogP contribution in [0.15, 0.2) is 17.8 Å². The number of allylic oxidation sites excluding steroid dienone is 1. The summed E-state index contributed by atoms with van der Waals surface area (Å²) in [6.07, 6.45) is 13.0. The summed E-state index contributed by atoms with van der Waals surface area (Å²) >= 11 is 1.50. The van der Waals surface area contributed by atoms with E-state index in [1.54, 1.807) is 0 Å². The Balaban J connectivity index is 1.59. The molecule has 3 rings (SSSR count). The Labute approximate surface area is 161 Å². The molecule has 1 aromatic rings. The Morgan fingerprint density at radius 1 is 1.19 bits per heavy atom. The van der Waals surface area contributed by atoms with E-state index in [2.05, 4.69) is 33.6 Å². The first-order chi connectivity index (χ1) is 12.7. The highest BCUT2D eigenvalue weighted by Gasteiger charge is 2.25. The summed E-state index contributed by atoms with van der Waals surface area (Å²) < 4.78 is 2.16. The Morgan fingerprint density at radius 3 is 2.65 bits per heavy atom. The molecule has 2 atom stereocenters. The molecule has 6 heteroatoms. The number of nitrogens with one attached hydrogen (secondary N) is 1. The largest absolute Gasteiger partial charge is 0.352 e. The van der Waals surface area contributed by atoms with E-state index in [1.807, 2.05) is 6.08 Å². The summed E-state index contributed by atoms with van der Waals surface area (Å²) in [6.45, 7) is 6.83. The van der Waals surface area contributed by atoms with Gasteiger partial charge in [0.2, 0.25) is 5.91 Å². The van der Waals surface area contributed by atoms with E-state index in [9.17, 15) is 4.79 Å². The molecular weight excluding hydrogens is 344 g/mol. The van der Waals surface area contributed by atoms with Crippen LogP contribution in [0.3, 0.4) is 0 Å². The quantitative estimate of drug-likeness (QED) is 0.569. The number of carbonyl (C=O) groups is 1. The second-order valence-corrected chi connectivity index (χ2v) is 8.74. The van der Waals surface area contributed by atoms with Crippen LogP contribution in [0.5, 0.6) is 0 Å². The fourth-order valence-electron chi connectivity index (χ4n) is 4.28. The monoisotopic (exact) mass is 376 g/mol. The molecule has 1 N–H and O–H groups in total. The lowest BCUT2D eigenvalue weighted by Crippen LogP contribution is -2.41. The average Bonchev–Trinajstić information content (AvgIpc) is 3.06. The van der Waals surface area contributed by atoms with Crippen LogP contribution in [-0.4, -0.2) is 32.5 Å². The molecule has 0 bridgehead atoms. The number of carbonyl (C=O) groups excluding carboxylic acids is 1. The lowest BCUT2D eigenvalue weighted by Gasteiger charge is -2.29. The van der Waals surface area contributed by atoms with Gasteiger partial charge in [-0.05, 0) is 31.6 Å². The van der Waals surface area contributed by atoms with Crippen LogP contribution in [0, 0.1) is 5.92 Å². The molecule has 0 radical (unpaired) electrons. The van der Waals surface area contributed by atoms with Crippen molar-refractivity contribution < 1.29 is 4.79 Å². The van der Waals surface area contributed by atoms with Crippen molar-refractivity contribution in [1.82, 2.24) is 20.1 Å². The molecule has 0 saturated heterocycles. The fraction of sp³-hybridized carbons (Fsp3) is 0.750. The standard InChI is InChI=1S/C20H32N4OS/c1-3-13-24-19(16-10-5-4-6-11-16)22-23-20(24)26-14-18(25)21-17-12-8-7-9-15(17)2/h3,15-17H,1,4-14H2,2H3,(H,21,25)/t15-,17+/m1/s1. The molecule has 1 heterocycles. The first kappa shape index (κ1) is 19.5. The number of hydrogen-bond acceptors (Lipinski definition) is 4. The number of rotatable bonds is 7. The fourth-order valence-corrected chi connectivity index (χ4v) is 5.05. The van der Waals surface area contributed by atoms with E-state index >= 15 is 0 Å². The highest BCUT2D eigenvalue weighted by molar-refractivity contribution is 7.99. The average molecular weight is 377 g/mol. The maximum atomic E-state index is 12.4. The third kappa shape index (κ3) is 4.90. The zero-order valence-corrected chi connectivity index (χ0v) is 16.8. The van der Waals surface area contributed by atoms with Gasteiger partial charge in [-0.25, -0.2) is 0 Å². The summed E-state index contributed by atoms with van der Waals surface area (Å²) in [4.78, 5) is 12.4. The first-order valence-corrected chi connectivity index (χ1v) is 11.1. The van der Waals surface area contributed by atoms with Crippen molar-refractivity contribution in [3.8, 4) is 0 Å². The zero-order chi connectivity index (χ0) is 18.4. The van der Waals surface area contributed by atoms with Gasteiger partial charge in [-0.15, -0.1) is 16.8 Å². The summed E-state index contributed by atoms with van der Waals surface area (Å²) in [6, 6.07) is 0.334. The smallest absolute Gasteiger partial charge is 0.230 e. The SMILES string of the molecule is C=CCn1c(SCC(=O)N[C@H]2CCCC[C@H]2C)nnc1C1CCCCC1. The van der Waals surface area contributed by atoms with Crippen LogP contribution in [-0.2, 0) is 11.3 Å². The summed E-state index contributed by atoms with van der Waals surface area (Å²) in [7, 11) is 0. The lowest BCUT2D eigenvalue weighted by atomic mass is 9.86. The minimum Gasteiger partial charge on any atom is -0.352 e. The van der Waals surface area contributed by atoms with Crippen LogP contribution < -0.4 is 5.32 Å². The molecule has 0 unspecified atom stereocenters. The maximum Gasteiger partial charge on any atom is 0.230 e. The molecule has 1 amide bonds. The normalized spacial score (nSPS) is 24.3. The molecule has 144 valence electrons. The molecular formula is C20H32N4OS. The number of thioether (sulfide) groups is 1. The Bertz CT molecular complexity index is 609. The van der Waals surface area contributed by atoms with E-state index in [-0.39, 0.29) is 5.91 Å². The minimum absolute atomic E-state index is 0.112. The second-order valence-electron chi connectivity index (χ2n) is 7.80. The number of amides is 1. The van der Waals surface area contributed by atoms with Gasteiger partial charge in [-0.1, -0.05) is 56.9 Å². The van der Waals surface area contributed by atoms with Crippen molar-refractivity contribution in [2.75, 3.05) is 5.75 Å². The van der Waals surface area contributed by atoms with Gasteiger partial charge in [-0.3, -0.25) is 4.79 Å². The van der Waals surface area contributed by atoms with Crippen LogP contribution in [0.25, 0.3) is 0 Å². The third-order valence-corrected chi connectivity index (χ3v) is 6.78. The van der Waals surface area contributed by atoms with Crippen LogP contribution >= 0.6 is 11.8 Å². The van der Waals surface area contributed by atoms with E-state index in [0.29, 0.717) is 30.2 Å². The van der Waals surface area contributed by atoms with Gasteiger partial charge in [0.15, 0.2) is 5.16 Å². The van der Waals surface area contributed by atoms with E-state index in [1.165, 1.54) is 63.1 Å². The Morgan fingerprint density at radius 2 is 1.92 bits per heavy atom. The molecule has 0 spiro atoms. The van der Waals surface area contributed by atoms with Gasteiger partial charge in [0.25, 0.3) is 0 Å². The molecule has 2 aliphatic rings. The predicted octanol–water partition coefficient (Wildman–Crippen LogP) is 4.30. The van der Waals surface area contributed by atoms with E-state index < -0.39 is 0 Å². The molecule has 26 heavy (non-hydrogen) atoms. The molecule has 2 aliphatic carbocycles. The Kier molecular flexibility index (Phi) is 7.17. The zero-order valence-electron chi connectivity index (χ0n) is 16.0. The Hall–Kier alpha value is -1.30. The van der Waals surface area contributed by atoms with Gasteiger partial charge in [-0.2, -0.15) is 0 Å². The van der Waals surface area contributed by atoms with E-state index in [0.717, 1.165) is 17.4 Å². The number of aromatic nitrogens is 3. The first-order valence-electron chi connectivity index (χ1n) is 10.1. The van der Waals surface area contributed by atoms with Crippen LogP contribution in [0.2, 0.25) is 0 Å². The highest BCUT2D eigenvalue weighted by Crippen LogP contribution is 2.33. The molecule has 0 aromatic carbocycles. The lowest BCUT2D eigenvalue weighted by molar-refractivity contribution is -0.119. The van der Waals surface area contributed by atoms with Crippen molar-refractivity contribution in [2.24, 2.45) is 5.92 Å². The number of nitrogens with zero attached hydrogens (tertiary/aromatic N) is 3. The maximum absolute atomic E-state index is 12.4. The minimum atomic E-state index is 0.112.